The number of benzene rings is 2. The molecule has 3 aromatic rings. The van der Waals surface area contributed by atoms with Crippen LogP contribution < -0.4 is 4.74 Å². The SMILES string of the molecule is O=C(c1ccc2n[nH]nc2c1)N1CCC(Oc2ccc(Cl)cc2)CC1. The second-order valence-corrected chi connectivity index (χ2v) is 6.53. The summed E-state index contributed by atoms with van der Waals surface area (Å²) in [7, 11) is 0. The number of ether oxygens (including phenoxy) is 1. The molecule has 1 amide bonds. The van der Waals surface area contributed by atoms with Gasteiger partial charge in [-0.25, -0.2) is 0 Å². The van der Waals surface area contributed by atoms with Gasteiger partial charge in [0.05, 0.1) is 0 Å². The van der Waals surface area contributed by atoms with Crippen LogP contribution in [0.3, 0.4) is 0 Å². The summed E-state index contributed by atoms with van der Waals surface area (Å²) < 4.78 is 5.97. The lowest BCUT2D eigenvalue weighted by molar-refractivity contribution is 0.0595. The predicted molar refractivity (Wildman–Crippen MR) is 94.9 cm³/mol. The van der Waals surface area contributed by atoms with E-state index in [-0.39, 0.29) is 12.0 Å². The van der Waals surface area contributed by atoms with Crippen molar-refractivity contribution in [2.24, 2.45) is 0 Å². The fourth-order valence-corrected chi connectivity index (χ4v) is 3.16. The Morgan fingerprint density at radius 3 is 2.56 bits per heavy atom. The molecule has 25 heavy (non-hydrogen) atoms. The van der Waals surface area contributed by atoms with E-state index in [0.717, 1.165) is 24.1 Å². The molecule has 1 aliphatic heterocycles. The Labute approximate surface area is 149 Å². The minimum absolute atomic E-state index is 0.0230. The van der Waals surface area contributed by atoms with Crippen LogP contribution in [0.25, 0.3) is 11.0 Å². The Balaban J connectivity index is 1.37. The molecule has 0 saturated carbocycles. The molecule has 4 rings (SSSR count). The molecule has 6 nitrogen and oxygen atoms in total. The smallest absolute Gasteiger partial charge is 0.253 e. The van der Waals surface area contributed by atoms with Gasteiger partial charge in [0.25, 0.3) is 5.91 Å². The lowest BCUT2D eigenvalue weighted by atomic mass is 10.1. The van der Waals surface area contributed by atoms with Gasteiger partial charge in [-0.1, -0.05) is 11.6 Å². The number of aromatic amines is 1. The van der Waals surface area contributed by atoms with Crippen LogP contribution in [0.5, 0.6) is 5.75 Å². The van der Waals surface area contributed by atoms with Crippen molar-refractivity contribution in [3.05, 3.63) is 53.1 Å². The number of fused-ring (bicyclic) bond motifs is 1. The fraction of sp³-hybridized carbons (Fsp3) is 0.278. The summed E-state index contributed by atoms with van der Waals surface area (Å²) in [5.74, 6) is 0.834. The number of piperidine rings is 1. The average Bonchev–Trinajstić information content (AvgIpc) is 3.11. The highest BCUT2D eigenvalue weighted by molar-refractivity contribution is 6.30. The van der Waals surface area contributed by atoms with Crippen LogP contribution in [0.4, 0.5) is 0 Å². The summed E-state index contributed by atoms with van der Waals surface area (Å²) in [6.45, 7) is 1.35. The number of amides is 1. The number of hydrogen-bond donors (Lipinski definition) is 1. The van der Waals surface area contributed by atoms with E-state index in [0.29, 0.717) is 29.2 Å². The van der Waals surface area contributed by atoms with Gasteiger partial charge >= 0.3 is 0 Å². The van der Waals surface area contributed by atoms with Gasteiger partial charge in [-0.15, -0.1) is 0 Å². The van der Waals surface area contributed by atoms with Crippen molar-refractivity contribution < 1.29 is 9.53 Å². The van der Waals surface area contributed by atoms with Crippen molar-refractivity contribution in [2.45, 2.75) is 18.9 Å². The summed E-state index contributed by atoms with van der Waals surface area (Å²) >= 11 is 5.89. The quantitative estimate of drug-likeness (QED) is 0.781. The van der Waals surface area contributed by atoms with Crippen LogP contribution in [-0.2, 0) is 0 Å². The molecule has 2 heterocycles. The molecule has 2 aromatic carbocycles. The maximum Gasteiger partial charge on any atom is 0.253 e. The van der Waals surface area contributed by atoms with Crippen LogP contribution in [0.1, 0.15) is 23.2 Å². The monoisotopic (exact) mass is 356 g/mol. The van der Waals surface area contributed by atoms with Crippen LogP contribution in [0.15, 0.2) is 42.5 Å². The molecule has 0 atom stereocenters. The molecule has 1 fully saturated rings. The summed E-state index contributed by atoms with van der Waals surface area (Å²) in [5, 5.41) is 11.3. The van der Waals surface area contributed by atoms with Gasteiger partial charge in [-0.2, -0.15) is 15.4 Å². The Morgan fingerprint density at radius 1 is 1.08 bits per heavy atom. The topological polar surface area (TPSA) is 71.1 Å². The number of nitrogens with one attached hydrogen (secondary N) is 1. The van der Waals surface area contributed by atoms with Crippen molar-refractivity contribution in [3.8, 4) is 5.75 Å². The highest BCUT2D eigenvalue weighted by atomic mass is 35.5. The van der Waals surface area contributed by atoms with Crippen molar-refractivity contribution in [1.82, 2.24) is 20.3 Å². The molecule has 0 spiro atoms. The normalized spacial score (nSPS) is 15.5. The van der Waals surface area contributed by atoms with E-state index < -0.39 is 0 Å². The molecule has 0 bridgehead atoms. The number of carbonyl (C=O) groups is 1. The zero-order valence-corrected chi connectivity index (χ0v) is 14.2. The van der Waals surface area contributed by atoms with Crippen LogP contribution >= 0.6 is 11.6 Å². The first-order valence-electron chi connectivity index (χ1n) is 8.21. The van der Waals surface area contributed by atoms with Crippen molar-refractivity contribution in [1.29, 1.82) is 0 Å². The molecule has 1 N–H and O–H groups in total. The molecule has 7 heteroatoms. The zero-order chi connectivity index (χ0) is 17.2. The molecule has 1 saturated heterocycles. The summed E-state index contributed by atoms with van der Waals surface area (Å²) in [5.41, 5.74) is 2.09. The standard InChI is InChI=1S/C18H17ClN4O2/c19-13-2-4-14(5-3-13)25-15-7-9-23(10-8-15)18(24)12-1-6-16-17(11-12)21-22-20-16/h1-6,11,15H,7-10H2,(H,20,21,22). The molecule has 0 unspecified atom stereocenters. The van der Waals surface area contributed by atoms with Gasteiger partial charge in [0, 0.05) is 36.5 Å². The first-order chi connectivity index (χ1) is 12.2. The van der Waals surface area contributed by atoms with Gasteiger partial charge in [0.15, 0.2) is 0 Å². The van der Waals surface area contributed by atoms with Crippen molar-refractivity contribution in [2.75, 3.05) is 13.1 Å². The third-order valence-corrected chi connectivity index (χ3v) is 4.66. The number of nitrogens with zero attached hydrogens (tertiary/aromatic N) is 3. The minimum atomic E-state index is 0.0230. The van der Waals surface area contributed by atoms with Gasteiger partial charge in [-0.05, 0) is 42.5 Å². The second-order valence-electron chi connectivity index (χ2n) is 6.09. The predicted octanol–water partition coefficient (Wildman–Crippen LogP) is 3.29. The maximum atomic E-state index is 12.7. The van der Waals surface area contributed by atoms with E-state index in [1.807, 2.05) is 35.2 Å². The number of H-pyrrole nitrogens is 1. The second kappa shape index (κ2) is 6.72. The van der Waals surface area contributed by atoms with E-state index >= 15 is 0 Å². The lowest BCUT2D eigenvalue weighted by Crippen LogP contribution is -2.41. The number of halogens is 1. The first-order valence-corrected chi connectivity index (χ1v) is 8.59. The first kappa shape index (κ1) is 15.9. The number of rotatable bonds is 3. The molecule has 128 valence electrons. The van der Waals surface area contributed by atoms with Gasteiger partial charge in [0.2, 0.25) is 0 Å². The third-order valence-electron chi connectivity index (χ3n) is 4.41. The molecule has 1 aromatic heterocycles. The Hall–Kier alpha value is -2.60. The average molecular weight is 357 g/mol. The minimum Gasteiger partial charge on any atom is -0.490 e. The number of carbonyl (C=O) groups excluding carboxylic acids is 1. The Morgan fingerprint density at radius 2 is 1.80 bits per heavy atom. The van der Waals surface area contributed by atoms with Crippen molar-refractivity contribution in [3.63, 3.8) is 0 Å². The van der Waals surface area contributed by atoms with Crippen LogP contribution in [0, 0.1) is 0 Å². The number of hydrogen-bond acceptors (Lipinski definition) is 4. The lowest BCUT2D eigenvalue weighted by Gasteiger charge is -2.32. The summed E-state index contributed by atoms with van der Waals surface area (Å²) in [4.78, 5) is 14.5. The van der Waals surface area contributed by atoms with E-state index in [9.17, 15) is 4.79 Å². The third kappa shape index (κ3) is 3.44. The van der Waals surface area contributed by atoms with E-state index in [2.05, 4.69) is 15.4 Å². The van der Waals surface area contributed by atoms with Gasteiger partial charge in [0.1, 0.15) is 22.9 Å². The highest BCUT2D eigenvalue weighted by Gasteiger charge is 2.25. The summed E-state index contributed by atoms with van der Waals surface area (Å²) in [6, 6.07) is 12.7. The Bertz CT molecular complexity index is 885. The molecule has 0 radical (unpaired) electrons. The largest absolute Gasteiger partial charge is 0.490 e. The molecular formula is C18H17ClN4O2. The van der Waals surface area contributed by atoms with E-state index in [1.165, 1.54) is 0 Å². The Kier molecular flexibility index (Phi) is 4.28. The van der Waals surface area contributed by atoms with Crippen LogP contribution in [-0.4, -0.2) is 45.4 Å². The van der Waals surface area contributed by atoms with Gasteiger partial charge in [-0.3, -0.25) is 4.79 Å². The van der Waals surface area contributed by atoms with E-state index in [4.69, 9.17) is 16.3 Å². The highest BCUT2D eigenvalue weighted by Crippen LogP contribution is 2.22. The van der Waals surface area contributed by atoms with E-state index in [1.54, 1.807) is 12.1 Å². The molecule has 1 aliphatic rings. The summed E-state index contributed by atoms with van der Waals surface area (Å²) in [6.07, 6.45) is 1.73. The van der Waals surface area contributed by atoms with Crippen LogP contribution in [0.2, 0.25) is 5.02 Å². The maximum absolute atomic E-state index is 12.7. The van der Waals surface area contributed by atoms with Gasteiger partial charge < -0.3 is 9.64 Å². The molecular weight excluding hydrogens is 340 g/mol. The number of aromatic nitrogens is 3. The zero-order valence-electron chi connectivity index (χ0n) is 13.5. The fourth-order valence-electron chi connectivity index (χ4n) is 3.04. The van der Waals surface area contributed by atoms with Crippen molar-refractivity contribution >= 4 is 28.5 Å². The number of likely N-dealkylation sites (tertiary alicyclic amines) is 1. The molecule has 0 aliphatic carbocycles.